The number of rotatable bonds is 0. The Morgan fingerprint density at radius 3 is 2.30 bits per heavy atom. The van der Waals surface area contributed by atoms with Gasteiger partial charge in [0.2, 0.25) is 0 Å². The molecule has 1 rings (SSSR count). The molecule has 54 valence electrons. The minimum Gasteiger partial charge on any atom is -0.0840 e. The van der Waals surface area contributed by atoms with E-state index in [0.29, 0.717) is 0 Å². The first kappa shape index (κ1) is 8.09. The SMILES string of the molecule is Cc1c(Cl)ccc(Br)c1C. The fourth-order valence-electron chi connectivity index (χ4n) is 0.755. The molecule has 2 heteroatoms. The van der Waals surface area contributed by atoms with Crippen molar-refractivity contribution < 1.29 is 0 Å². The Morgan fingerprint density at radius 2 is 1.80 bits per heavy atom. The van der Waals surface area contributed by atoms with Crippen LogP contribution < -0.4 is 0 Å². The summed E-state index contributed by atoms with van der Waals surface area (Å²) in [7, 11) is 0. The summed E-state index contributed by atoms with van der Waals surface area (Å²) in [4.78, 5) is 0. The van der Waals surface area contributed by atoms with Gasteiger partial charge in [0.25, 0.3) is 0 Å². The lowest BCUT2D eigenvalue weighted by Crippen LogP contribution is -1.82. The van der Waals surface area contributed by atoms with Crippen molar-refractivity contribution in [3.8, 4) is 0 Å². The van der Waals surface area contributed by atoms with Gasteiger partial charge in [-0.25, -0.2) is 0 Å². The smallest absolute Gasteiger partial charge is 0.0438 e. The maximum absolute atomic E-state index is 5.87. The van der Waals surface area contributed by atoms with E-state index < -0.39 is 0 Å². The number of benzene rings is 1. The Kier molecular flexibility index (Phi) is 2.37. The van der Waals surface area contributed by atoms with E-state index in [1.165, 1.54) is 5.56 Å². The Labute approximate surface area is 74.3 Å². The van der Waals surface area contributed by atoms with Crippen LogP contribution in [0.4, 0.5) is 0 Å². The zero-order chi connectivity index (χ0) is 7.72. The number of hydrogen-bond donors (Lipinski definition) is 0. The predicted molar refractivity (Wildman–Crippen MR) is 48.6 cm³/mol. The fraction of sp³-hybridized carbons (Fsp3) is 0.250. The van der Waals surface area contributed by atoms with Crippen LogP contribution in [0.3, 0.4) is 0 Å². The van der Waals surface area contributed by atoms with Crippen LogP contribution >= 0.6 is 27.5 Å². The second kappa shape index (κ2) is 2.93. The van der Waals surface area contributed by atoms with Crippen LogP contribution in [-0.4, -0.2) is 0 Å². The molecule has 1 aromatic rings. The van der Waals surface area contributed by atoms with Crippen molar-refractivity contribution >= 4 is 27.5 Å². The Bertz CT molecular complexity index is 229. The predicted octanol–water partition coefficient (Wildman–Crippen LogP) is 3.72. The summed E-state index contributed by atoms with van der Waals surface area (Å²) in [6.45, 7) is 4.06. The quantitative estimate of drug-likeness (QED) is 0.624. The highest BCUT2D eigenvalue weighted by atomic mass is 79.9. The third-order valence-corrected chi connectivity index (χ3v) is 2.92. The van der Waals surface area contributed by atoms with Crippen LogP contribution in [0.5, 0.6) is 0 Å². The summed E-state index contributed by atoms with van der Waals surface area (Å²) < 4.78 is 1.12. The summed E-state index contributed by atoms with van der Waals surface area (Å²) in [6.07, 6.45) is 0. The lowest BCUT2D eigenvalue weighted by molar-refractivity contribution is 1.32. The molecule has 0 heterocycles. The van der Waals surface area contributed by atoms with E-state index in [9.17, 15) is 0 Å². The molecule has 1 aromatic carbocycles. The molecular formula is C8H8BrCl. The first-order valence-corrected chi connectivity index (χ1v) is 4.21. The fourth-order valence-corrected chi connectivity index (χ4v) is 1.39. The molecule has 0 aliphatic carbocycles. The van der Waals surface area contributed by atoms with Crippen LogP contribution in [0.15, 0.2) is 16.6 Å². The first-order valence-electron chi connectivity index (χ1n) is 3.04. The van der Waals surface area contributed by atoms with E-state index in [2.05, 4.69) is 15.9 Å². The summed E-state index contributed by atoms with van der Waals surface area (Å²) in [5, 5.41) is 0.834. The Morgan fingerprint density at radius 1 is 1.20 bits per heavy atom. The molecule has 0 saturated heterocycles. The van der Waals surface area contributed by atoms with Gasteiger partial charge in [-0.2, -0.15) is 0 Å². The topological polar surface area (TPSA) is 0 Å². The van der Waals surface area contributed by atoms with Gasteiger partial charge in [0.1, 0.15) is 0 Å². The molecular weight excluding hydrogens is 211 g/mol. The van der Waals surface area contributed by atoms with Crippen molar-refractivity contribution in [1.29, 1.82) is 0 Å². The second-order valence-corrected chi connectivity index (χ2v) is 3.54. The highest BCUT2D eigenvalue weighted by Crippen LogP contribution is 2.25. The average Bonchev–Trinajstić information content (AvgIpc) is 1.93. The van der Waals surface area contributed by atoms with E-state index in [1.807, 2.05) is 26.0 Å². The van der Waals surface area contributed by atoms with E-state index in [0.717, 1.165) is 15.1 Å². The monoisotopic (exact) mass is 218 g/mol. The Balaban J connectivity index is 3.34. The maximum atomic E-state index is 5.87. The van der Waals surface area contributed by atoms with Crippen molar-refractivity contribution in [2.24, 2.45) is 0 Å². The summed E-state index contributed by atoms with van der Waals surface area (Å²) in [5.41, 5.74) is 2.36. The molecule has 0 bridgehead atoms. The molecule has 0 radical (unpaired) electrons. The molecule has 0 saturated carbocycles. The standard InChI is InChI=1S/C8H8BrCl/c1-5-6(2)8(10)4-3-7(5)9/h3-4H,1-2H3. The Hall–Kier alpha value is -0.0100. The zero-order valence-corrected chi connectivity index (χ0v) is 8.25. The summed E-state index contributed by atoms with van der Waals surface area (Å²) in [6, 6.07) is 3.86. The number of halogens is 2. The van der Waals surface area contributed by atoms with Crippen molar-refractivity contribution in [1.82, 2.24) is 0 Å². The summed E-state index contributed by atoms with van der Waals surface area (Å²) >= 11 is 9.29. The molecule has 10 heavy (non-hydrogen) atoms. The lowest BCUT2D eigenvalue weighted by Gasteiger charge is -2.03. The molecule has 0 amide bonds. The van der Waals surface area contributed by atoms with E-state index in [1.54, 1.807) is 0 Å². The van der Waals surface area contributed by atoms with Gasteiger partial charge in [-0.1, -0.05) is 27.5 Å². The highest BCUT2D eigenvalue weighted by molar-refractivity contribution is 9.10. The van der Waals surface area contributed by atoms with Gasteiger partial charge in [-0.15, -0.1) is 0 Å². The zero-order valence-electron chi connectivity index (χ0n) is 5.91. The molecule has 0 N–H and O–H groups in total. The molecule has 0 aromatic heterocycles. The molecule has 0 unspecified atom stereocenters. The first-order chi connectivity index (χ1) is 4.63. The second-order valence-electron chi connectivity index (χ2n) is 2.28. The van der Waals surface area contributed by atoms with Gasteiger partial charge >= 0.3 is 0 Å². The molecule has 0 aliphatic rings. The third kappa shape index (κ3) is 1.35. The third-order valence-electron chi connectivity index (χ3n) is 1.65. The molecule has 0 atom stereocenters. The van der Waals surface area contributed by atoms with Gasteiger partial charge in [-0.05, 0) is 37.1 Å². The average molecular weight is 220 g/mol. The van der Waals surface area contributed by atoms with Crippen molar-refractivity contribution in [2.45, 2.75) is 13.8 Å². The van der Waals surface area contributed by atoms with Crippen LogP contribution in [0, 0.1) is 13.8 Å². The molecule has 0 fully saturated rings. The van der Waals surface area contributed by atoms with Crippen molar-refractivity contribution in [3.63, 3.8) is 0 Å². The van der Waals surface area contributed by atoms with Gasteiger partial charge < -0.3 is 0 Å². The maximum Gasteiger partial charge on any atom is 0.0438 e. The number of hydrogen-bond acceptors (Lipinski definition) is 0. The van der Waals surface area contributed by atoms with E-state index >= 15 is 0 Å². The van der Waals surface area contributed by atoms with Crippen LogP contribution in [-0.2, 0) is 0 Å². The largest absolute Gasteiger partial charge is 0.0840 e. The van der Waals surface area contributed by atoms with Crippen molar-refractivity contribution in [3.05, 3.63) is 32.8 Å². The van der Waals surface area contributed by atoms with E-state index in [-0.39, 0.29) is 0 Å². The van der Waals surface area contributed by atoms with Crippen LogP contribution in [0.1, 0.15) is 11.1 Å². The molecule has 0 aliphatic heterocycles. The van der Waals surface area contributed by atoms with Gasteiger partial charge in [0, 0.05) is 9.50 Å². The van der Waals surface area contributed by atoms with Crippen molar-refractivity contribution in [2.75, 3.05) is 0 Å². The normalized spacial score (nSPS) is 10.0. The van der Waals surface area contributed by atoms with Gasteiger partial charge in [0.15, 0.2) is 0 Å². The van der Waals surface area contributed by atoms with Crippen LogP contribution in [0.2, 0.25) is 5.02 Å². The van der Waals surface area contributed by atoms with Gasteiger partial charge in [-0.3, -0.25) is 0 Å². The minimum absolute atomic E-state index is 0.834. The summed E-state index contributed by atoms with van der Waals surface area (Å²) in [5.74, 6) is 0. The molecule has 0 spiro atoms. The molecule has 0 nitrogen and oxygen atoms in total. The highest BCUT2D eigenvalue weighted by Gasteiger charge is 2.00. The minimum atomic E-state index is 0.834. The van der Waals surface area contributed by atoms with Crippen LogP contribution in [0.25, 0.3) is 0 Å². The lowest BCUT2D eigenvalue weighted by atomic mass is 10.1. The van der Waals surface area contributed by atoms with E-state index in [4.69, 9.17) is 11.6 Å². The van der Waals surface area contributed by atoms with Gasteiger partial charge in [0.05, 0.1) is 0 Å².